The van der Waals surface area contributed by atoms with Crippen LogP contribution in [0.3, 0.4) is 0 Å². The summed E-state index contributed by atoms with van der Waals surface area (Å²) in [6.07, 6.45) is 2.91. The Balaban J connectivity index is 2.16. The van der Waals surface area contributed by atoms with Gasteiger partial charge in [-0.3, -0.25) is 0 Å². The van der Waals surface area contributed by atoms with Crippen molar-refractivity contribution in [1.82, 2.24) is 5.32 Å². The minimum absolute atomic E-state index is 0.00595. The number of hydrogen-bond acceptors (Lipinski definition) is 5. The fourth-order valence-electron chi connectivity index (χ4n) is 2.18. The van der Waals surface area contributed by atoms with Crippen LogP contribution in [-0.2, 0) is 19.0 Å². The molecule has 0 spiro atoms. The van der Waals surface area contributed by atoms with Crippen molar-refractivity contribution < 1.29 is 23.8 Å². The van der Waals surface area contributed by atoms with E-state index in [4.69, 9.17) is 14.2 Å². The zero-order valence-corrected chi connectivity index (χ0v) is 12.5. The number of rotatable bonds is 6. The van der Waals surface area contributed by atoms with E-state index in [9.17, 15) is 9.59 Å². The predicted octanol–water partition coefficient (Wildman–Crippen LogP) is 2.01. The Morgan fingerprint density at radius 2 is 1.85 bits per heavy atom. The molecule has 6 nitrogen and oxygen atoms in total. The van der Waals surface area contributed by atoms with Crippen LogP contribution in [0.15, 0.2) is 0 Å². The summed E-state index contributed by atoms with van der Waals surface area (Å²) in [7, 11) is 0. The molecule has 0 bridgehead atoms. The third-order valence-corrected chi connectivity index (χ3v) is 3.08. The van der Waals surface area contributed by atoms with Gasteiger partial charge in [0, 0.05) is 6.04 Å². The summed E-state index contributed by atoms with van der Waals surface area (Å²) >= 11 is 0. The smallest absolute Gasteiger partial charge is 0.407 e. The molecule has 1 fully saturated rings. The molecule has 116 valence electrons. The van der Waals surface area contributed by atoms with Crippen molar-refractivity contribution >= 4 is 12.1 Å². The van der Waals surface area contributed by atoms with Crippen LogP contribution in [0.2, 0.25) is 0 Å². The molecule has 0 radical (unpaired) electrons. The zero-order valence-electron chi connectivity index (χ0n) is 12.5. The molecule has 1 saturated carbocycles. The molecule has 20 heavy (non-hydrogen) atoms. The summed E-state index contributed by atoms with van der Waals surface area (Å²) in [5.74, 6) is -0.326. The van der Waals surface area contributed by atoms with Gasteiger partial charge in [0.05, 0.1) is 18.8 Å². The molecule has 6 heteroatoms. The van der Waals surface area contributed by atoms with E-state index in [1.807, 2.05) is 13.8 Å². The highest BCUT2D eigenvalue weighted by Crippen LogP contribution is 2.21. The van der Waals surface area contributed by atoms with Crippen molar-refractivity contribution in [3.8, 4) is 0 Å². The van der Waals surface area contributed by atoms with Gasteiger partial charge in [-0.15, -0.1) is 0 Å². The van der Waals surface area contributed by atoms with Crippen molar-refractivity contribution in [2.75, 3.05) is 13.2 Å². The van der Waals surface area contributed by atoms with E-state index in [1.165, 1.54) is 0 Å². The van der Waals surface area contributed by atoms with Gasteiger partial charge in [-0.1, -0.05) is 0 Å². The largest absolute Gasteiger partial charge is 0.464 e. The quantitative estimate of drug-likeness (QED) is 0.756. The van der Waals surface area contributed by atoms with Crippen LogP contribution in [0.4, 0.5) is 4.79 Å². The average molecular weight is 287 g/mol. The Labute approximate surface area is 120 Å². The van der Waals surface area contributed by atoms with Gasteiger partial charge >= 0.3 is 12.1 Å². The van der Waals surface area contributed by atoms with Gasteiger partial charge < -0.3 is 19.5 Å². The lowest BCUT2D eigenvalue weighted by Gasteiger charge is -2.28. The van der Waals surface area contributed by atoms with Crippen molar-refractivity contribution in [2.45, 2.75) is 64.7 Å². The van der Waals surface area contributed by atoms with Gasteiger partial charge in [0.2, 0.25) is 0 Å². The Kier molecular flexibility index (Phi) is 7.36. The second-order valence-electron chi connectivity index (χ2n) is 5.19. The molecular weight excluding hydrogens is 262 g/mol. The molecule has 0 aromatic rings. The molecule has 0 aromatic carbocycles. The molecule has 1 rings (SSSR count). The fraction of sp³-hybridized carbons (Fsp3) is 0.857. The highest BCUT2D eigenvalue weighted by atomic mass is 16.6. The first-order valence-corrected chi connectivity index (χ1v) is 7.25. The Hall–Kier alpha value is -1.30. The van der Waals surface area contributed by atoms with E-state index in [0.717, 1.165) is 25.7 Å². The van der Waals surface area contributed by atoms with E-state index in [2.05, 4.69) is 5.32 Å². The van der Waals surface area contributed by atoms with Crippen LogP contribution in [0.5, 0.6) is 0 Å². The number of alkyl carbamates (subject to hydrolysis) is 1. The van der Waals surface area contributed by atoms with Crippen molar-refractivity contribution in [1.29, 1.82) is 0 Å². The SMILES string of the molecule is CCOC(=O)COC1CCC(NC(=O)OC(C)C)CC1. The second kappa shape index (κ2) is 8.79. The van der Waals surface area contributed by atoms with Gasteiger partial charge in [-0.05, 0) is 46.5 Å². The zero-order chi connectivity index (χ0) is 15.0. The van der Waals surface area contributed by atoms with Crippen molar-refractivity contribution in [2.24, 2.45) is 0 Å². The second-order valence-corrected chi connectivity index (χ2v) is 5.19. The van der Waals surface area contributed by atoms with Crippen molar-refractivity contribution in [3.05, 3.63) is 0 Å². The fourth-order valence-corrected chi connectivity index (χ4v) is 2.18. The minimum Gasteiger partial charge on any atom is -0.464 e. The highest BCUT2D eigenvalue weighted by molar-refractivity contribution is 5.70. The lowest BCUT2D eigenvalue weighted by atomic mass is 9.93. The predicted molar refractivity (Wildman–Crippen MR) is 73.4 cm³/mol. The molecule has 0 atom stereocenters. The third-order valence-electron chi connectivity index (χ3n) is 3.08. The maximum Gasteiger partial charge on any atom is 0.407 e. The van der Waals surface area contributed by atoms with Gasteiger partial charge in [0.25, 0.3) is 0 Å². The lowest BCUT2D eigenvalue weighted by Crippen LogP contribution is -2.40. The molecule has 0 saturated heterocycles. The van der Waals surface area contributed by atoms with Crippen LogP contribution in [0, 0.1) is 0 Å². The van der Waals surface area contributed by atoms with E-state index in [-0.39, 0.29) is 36.9 Å². The lowest BCUT2D eigenvalue weighted by molar-refractivity contribution is -0.151. The van der Waals surface area contributed by atoms with Crippen LogP contribution < -0.4 is 5.32 Å². The standard InChI is InChI=1S/C14H25NO5/c1-4-18-13(16)9-19-12-7-5-11(6-8-12)15-14(17)20-10(2)3/h10-12H,4-9H2,1-3H3,(H,15,17). The molecule has 0 heterocycles. The topological polar surface area (TPSA) is 73.9 Å². The summed E-state index contributed by atoms with van der Waals surface area (Å²) in [4.78, 5) is 22.6. The van der Waals surface area contributed by atoms with E-state index >= 15 is 0 Å². The Morgan fingerprint density at radius 1 is 1.20 bits per heavy atom. The highest BCUT2D eigenvalue weighted by Gasteiger charge is 2.24. The normalized spacial score (nSPS) is 22.4. The number of esters is 1. The van der Waals surface area contributed by atoms with Crippen molar-refractivity contribution in [3.63, 3.8) is 0 Å². The summed E-state index contributed by atoms with van der Waals surface area (Å²) in [6.45, 7) is 5.78. The summed E-state index contributed by atoms with van der Waals surface area (Å²) in [5.41, 5.74) is 0. The Bertz CT molecular complexity index is 311. The molecular formula is C14H25NO5. The first-order valence-electron chi connectivity index (χ1n) is 7.25. The first-order chi connectivity index (χ1) is 9.51. The Morgan fingerprint density at radius 3 is 2.40 bits per heavy atom. The number of hydrogen-bond donors (Lipinski definition) is 1. The van der Waals surface area contributed by atoms with Crippen LogP contribution in [-0.4, -0.2) is 43.5 Å². The van der Waals surface area contributed by atoms with Gasteiger partial charge in [0.15, 0.2) is 0 Å². The van der Waals surface area contributed by atoms with Crippen LogP contribution in [0.1, 0.15) is 46.5 Å². The first kappa shape index (κ1) is 16.8. The van der Waals surface area contributed by atoms with Crippen LogP contribution >= 0.6 is 0 Å². The molecule has 0 unspecified atom stereocenters. The van der Waals surface area contributed by atoms with E-state index < -0.39 is 0 Å². The minimum atomic E-state index is -0.365. The number of amides is 1. The number of carbonyl (C=O) groups is 2. The number of ether oxygens (including phenoxy) is 3. The van der Waals surface area contributed by atoms with Gasteiger partial charge in [0.1, 0.15) is 6.61 Å². The van der Waals surface area contributed by atoms with Gasteiger partial charge in [-0.2, -0.15) is 0 Å². The third kappa shape index (κ3) is 6.75. The summed E-state index contributed by atoms with van der Waals surface area (Å²) in [6, 6.07) is 0.128. The maximum atomic E-state index is 11.5. The number of carbonyl (C=O) groups excluding carboxylic acids is 2. The van der Waals surface area contributed by atoms with E-state index in [0.29, 0.717) is 6.61 Å². The molecule has 1 N–H and O–H groups in total. The maximum absolute atomic E-state index is 11.5. The molecule has 0 aromatic heterocycles. The number of nitrogens with one attached hydrogen (secondary N) is 1. The van der Waals surface area contributed by atoms with E-state index in [1.54, 1.807) is 6.92 Å². The molecule has 1 amide bonds. The monoisotopic (exact) mass is 287 g/mol. The molecule has 1 aliphatic carbocycles. The van der Waals surface area contributed by atoms with Crippen LogP contribution in [0.25, 0.3) is 0 Å². The summed E-state index contributed by atoms with van der Waals surface area (Å²) in [5, 5.41) is 2.85. The molecule has 0 aliphatic heterocycles. The average Bonchev–Trinajstić information content (AvgIpc) is 2.37. The summed E-state index contributed by atoms with van der Waals surface area (Å²) < 4.78 is 15.3. The van der Waals surface area contributed by atoms with Gasteiger partial charge in [-0.25, -0.2) is 9.59 Å². The molecule has 1 aliphatic rings.